The van der Waals surface area contributed by atoms with Crippen LogP contribution in [0.3, 0.4) is 0 Å². The predicted molar refractivity (Wildman–Crippen MR) is 67.4 cm³/mol. The van der Waals surface area contributed by atoms with Crippen LogP contribution < -0.4 is 5.32 Å². The maximum absolute atomic E-state index is 11.3. The van der Waals surface area contributed by atoms with Gasteiger partial charge in [0.2, 0.25) is 5.91 Å². The van der Waals surface area contributed by atoms with Crippen LogP contribution in [0.4, 0.5) is 0 Å². The molecule has 0 aromatic carbocycles. The molecule has 1 amide bonds. The molecule has 0 fully saturated rings. The third-order valence-electron chi connectivity index (χ3n) is 2.14. The second-order valence-electron chi connectivity index (χ2n) is 5.75. The van der Waals surface area contributed by atoms with Crippen LogP contribution in [0.1, 0.15) is 53.9 Å². The maximum atomic E-state index is 11.3. The Bertz CT molecular complexity index is 195. The maximum Gasteiger partial charge on any atom is 0.222 e. The quantitative estimate of drug-likeness (QED) is 0.682. The van der Waals surface area contributed by atoms with Crippen molar-refractivity contribution in [1.29, 1.82) is 0 Å². The van der Waals surface area contributed by atoms with E-state index in [4.69, 9.17) is 4.74 Å². The van der Waals surface area contributed by atoms with E-state index in [1.807, 2.05) is 13.8 Å². The molecule has 0 spiro atoms. The average Bonchev–Trinajstić information content (AvgIpc) is 2.07. The Labute approximate surface area is 99.9 Å². The predicted octanol–water partition coefficient (Wildman–Crippen LogP) is 2.74. The summed E-state index contributed by atoms with van der Waals surface area (Å²) in [4.78, 5) is 11.3. The Morgan fingerprint density at radius 1 is 1.25 bits per heavy atom. The zero-order chi connectivity index (χ0) is 12.6. The molecular formula is C13H27NO2. The number of ether oxygens (including phenoxy) is 1. The number of amides is 1. The van der Waals surface area contributed by atoms with Gasteiger partial charge in [0.1, 0.15) is 0 Å². The topological polar surface area (TPSA) is 38.3 Å². The number of nitrogens with one attached hydrogen (secondary N) is 1. The third kappa shape index (κ3) is 11.5. The summed E-state index contributed by atoms with van der Waals surface area (Å²) in [7, 11) is 0. The molecule has 0 aliphatic rings. The minimum atomic E-state index is 0.0748. The first-order chi connectivity index (χ1) is 7.31. The van der Waals surface area contributed by atoms with E-state index in [9.17, 15) is 4.79 Å². The van der Waals surface area contributed by atoms with Crippen molar-refractivity contribution in [2.75, 3.05) is 13.2 Å². The van der Waals surface area contributed by atoms with E-state index in [1.165, 1.54) is 0 Å². The summed E-state index contributed by atoms with van der Waals surface area (Å²) in [6.07, 6.45) is 2.69. The summed E-state index contributed by atoms with van der Waals surface area (Å²) in [5.74, 6) is 0.0748. The number of hydrogen-bond acceptors (Lipinski definition) is 2. The normalized spacial score (nSPS) is 11.9. The fraction of sp³-hybridized carbons (Fsp3) is 0.923. The monoisotopic (exact) mass is 229 g/mol. The van der Waals surface area contributed by atoms with Gasteiger partial charge in [-0.15, -0.1) is 0 Å². The molecule has 1 N–H and O–H groups in total. The van der Waals surface area contributed by atoms with Crippen molar-refractivity contribution in [3.8, 4) is 0 Å². The molecule has 0 atom stereocenters. The molecule has 3 nitrogen and oxygen atoms in total. The Balaban J connectivity index is 3.31. The molecule has 0 saturated carbocycles. The van der Waals surface area contributed by atoms with Crippen LogP contribution in [0.5, 0.6) is 0 Å². The molecule has 0 aliphatic heterocycles. The van der Waals surface area contributed by atoms with Gasteiger partial charge in [0.05, 0.1) is 6.61 Å². The lowest BCUT2D eigenvalue weighted by Gasteiger charge is -2.17. The zero-order valence-corrected chi connectivity index (χ0v) is 11.4. The highest BCUT2D eigenvalue weighted by molar-refractivity contribution is 5.76. The number of carbonyl (C=O) groups excluding carboxylic acids is 1. The van der Waals surface area contributed by atoms with Crippen LogP contribution in [-0.4, -0.2) is 25.2 Å². The molecule has 0 aromatic heterocycles. The summed E-state index contributed by atoms with van der Waals surface area (Å²) < 4.78 is 5.42. The average molecular weight is 229 g/mol. The molecule has 0 heterocycles. The standard InChI is InChI=1S/C13H27NO2/c1-11(2)14-12(15)7-10-16-9-6-8-13(3,4)5/h11H,6-10H2,1-5H3,(H,14,15). The summed E-state index contributed by atoms with van der Waals surface area (Å²) in [5, 5.41) is 2.84. The highest BCUT2D eigenvalue weighted by Gasteiger charge is 2.09. The van der Waals surface area contributed by atoms with Gasteiger partial charge in [0, 0.05) is 19.1 Å². The molecule has 0 unspecified atom stereocenters. The summed E-state index contributed by atoms with van der Waals surface area (Å²) in [5.41, 5.74) is 0.373. The fourth-order valence-corrected chi connectivity index (χ4v) is 1.37. The van der Waals surface area contributed by atoms with E-state index in [0.717, 1.165) is 19.4 Å². The van der Waals surface area contributed by atoms with E-state index in [0.29, 0.717) is 18.4 Å². The summed E-state index contributed by atoms with van der Waals surface area (Å²) >= 11 is 0. The molecule has 96 valence electrons. The third-order valence-corrected chi connectivity index (χ3v) is 2.14. The molecule has 0 aromatic rings. The van der Waals surface area contributed by atoms with Crippen LogP contribution in [0.15, 0.2) is 0 Å². The van der Waals surface area contributed by atoms with Gasteiger partial charge in [-0.3, -0.25) is 4.79 Å². The van der Waals surface area contributed by atoms with Crippen LogP contribution >= 0.6 is 0 Å². The molecule has 0 radical (unpaired) electrons. The van der Waals surface area contributed by atoms with Crippen molar-refractivity contribution in [2.45, 2.75) is 59.9 Å². The van der Waals surface area contributed by atoms with Crippen molar-refractivity contribution in [3.05, 3.63) is 0 Å². The van der Waals surface area contributed by atoms with Crippen molar-refractivity contribution in [2.24, 2.45) is 5.41 Å². The summed E-state index contributed by atoms with van der Waals surface area (Å²) in [6.45, 7) is 11.9. The first-order valence-electron chi connectivity index (χ1n) is 6.18. The first kappa shape index (κ1) is 15.4. The SMILES string of the molecule is CC(C)NC(=O)CCOCCCC(C)(C)C. The first-order valence-corrected chi connectivity index (χ1v) is 6.18. The Kier molecular flexibility index (Phi) is 7.39. The lowest BCUT2D eigenvalue weighted by atomic mass is 9.91. The minimum absolute atomic E-state index is 0.0748. The highest BCUT2D eigenvalue weighted by Crippen LogP contribution is 2.20. The molecule has 0 saturated heterocycles. The second-order valence-corrected chi connectivity index (χ2v) is 5.75. The summed E-state index contributed by atoms with van der Waals surface area (Å²) in [6, 6.07) is 0.216. The number of rotatable bonds is 7. The van der Waals surface area contributed by atoms with Gasteiger partial charge in [0.25, 0.3) is 0 Å². The Hall–Kier alpha value is -0.570. The molecule has 0 bridgehead atoms. The lowest BCUT2D eigenvalue weighted by Crippen LogP contribution is -2.30. The van der Waals surface area contributed by atoms with Gasteiger partial charge in [0.15, 0.2) is 0 Å². The van der Waals surface area contributed by atoms with E-state index in [1.54, 1.807) is 0 Å². The Morgan fingerprint density at radius 2 is 1.88 bits per heavy atom. The van der Waals surface area contributed by atoms with Crippen LogP contribution in [0.25, 0.3) is 0 Å². The van der Waals surface area contributed by atoms with Crippen molar-refractivity contribution < 1.29 is 9.53 Å². The van der Waals surface area contributed by atoms with E-state index >= 15 is 0 Å². The lowest BCUT2D eigenvalue weighted by molar-refractivity contribution is -0.122. The van der Waals surface area contributed by atoms with Crippen molar-refractivity contribution >= 4 is 5.91 Å². The second kappa shape index (κ2) is 7.66. The number of carbonyl (C=O) groups is 1. The van der Waals surface area contributed by atoms with Gasteiger partial charge < -0.3 is 10.1 Å². The fourth-order valence-electron chi connectivity index (χ4n) is 1.37. The number of hydrogen-bond donors (Lipinski definition) is 1. The minimum Gasteiger partial charge on any atom is -0.381 e. The molecule has 0 rings (SSSR count). The Morgan fingerprint density at radius 3 is 2.38 bits per heavy atom. The van der Waals surface area contributed by atoms with Gasteiger partial charge in [-0.1, -0.05) is 20.8 Å². The molecule has 0 aliphatic carbocycles. The molecule has 16 heavy (non-hydrogen) atoms. The van der Waals surface area contributed by atoms with Crippen molar-refractivity contribution in [1.82, 2.24) is 5.32 Å². The van der Waals surface area contributed by atoms with Crippen LogP contribution in [-0.2, 0) is 9.53 Å². The van der Waals surface area contributed by atoms with Gasteiger partial charge in [-0.05, 0) is 32.1 Å². The highest BCUT2D eigenvalue weighted by atomic mass is 16.5. The van der Waals surface area contributed by atoms with Gasteiger partial charge in [-0.2, -0.15) is 0 Å². The molecule has 3 heteroatoms. The van der Waals surface area contributed by atoms with Crippen molar-refractivity contribution in [3.63, 3.8) is 0 Å². The van der Waals surface area contributed by atoms with E-state index in [2.05, 4.69) is 26.1 Å². The van der Waals surface area contributed by atoms with E-state index < -0.39 is 0 Å². The van der Waals surface area contributed by atoms with E-state index in [-0.39, 0.29) is 11.9 Å². The smallest absolute Gasteiger partial charge is 0.222 e. The van der Waals surface area contributed by atoms with Crippen LogP contribution in [0, 0.1) is 5.41 Å². The van der Waals surface area contributed by atoms with Crippen LogP contribution in [0.2, 0.25) is 0 Å². The largest absolute Gasteiger partial charge is 0.381 e. The molecular weight excluding hydrogens is 202 g/mol. The van der Waals surface area contributed by atoms with Gasteiger partial charge >= 0.3 is 0 Å². The zero-order valence-electron chi connectivity index (χ0n) is 11.4. The van der Waals surface area contributed by atoms with Gasteiger partial charge in [-0.25, -0.2) is 0 Å².